The van der Waals surface area contributed by atoms with E-state index in [1.165, 1.54) is 0 Å². The number of rotatable bonds is 7. The zero-order valence-electron chi connectivity index (χ0n) is 15.5. The predicted octanol–water partition coefficient (Wildman–Crippen LogP) is 2.45. The van der Waals surface area contributed by atoms with Crippen LogP contribution in [0, 0.1) is 12.8 Å². The summed E-state index contributed by atoms with van der Waals surface area (Å²) in [7, 11) is 3.85. The molecule has 2 aromatic rings. The molecule has 0 bridgehead atoms. The molecule has 1 aliphatic rings. The Morgan fingerprint density at radius 2 is 2.24 bits per heavy atom. The second-order valence-electron chi connectivity index (χ2n) is 7.15. The minimum Gasteiger partial charge on any atom is -0.469 e. The van der Waals surface area contributed by atoms with Crippen molar-refractivity contribution in [3.05, 3.63) is 41.6 Å². The normalized spacial score (nSPS) is 21.9. The first kappa shape index (κ1) is 17.7. The number of nitrogens with zero attached hydrogens (tertiary/aromatic N) is 3. The third kappa shape index (κ3) is 3.79. The highest BCUT2D eigenvalue weighted by molar-refractivity contribution is 5.79. The van der Waals surface area contributed by atoms with Gasteiger partial charge in [0.15, 0.2) is 0 Å². The third-order valence-corrected chi connectivity index (χ3v) is 5.42. The van der Waals surface area contributed by atoms with Gasteiger partial charge in [-0.15, -0.1) is 0 Å². The molecule has 0 aromatic carbocycles. The van der Waals surface area contributed by atoms with Crippen LogP contribution in [0.25, 0.3) is 0 Å². The summed E-state index contributed by atoms with van der Waals surface area (Å²) in [6.45, 7) is 5.08. The summed E-state index contributed by atoms with van der Waals surface area (Å²) in [5.41, 5.74) is 2.29. The maximum absolute atomic E-state index is 12.3. The molecule has 6 nitrogen and oxygen atoms in total. The molecule has 1 fully saturated rings. The van der Waals surface area contributed by atoms with Crippen LogP contribution in [0.15, 0.2) is 29.0 Å². The van der Waals surface area contributed by atoms with Crippen molar-refractivity contribution < 1.29 is 9.21 Å². The zero-order chi connectivity index (χ0) is 18.0. The SMILES string of the molecule is Cc1c([C@H]2[C@H](CN[C@@H](C)CCc3ccco3)CC(=O)N2C)cnn1C. The summed E-state index contributed by atoms with van der Waals surface area (Å²) in [5, 5.41) is 7.96. The summed E-state index contributed by atoms with van der Waals surface area (Å²) in [4.78, 5) is 14.1. The lowest BCUT2D eigenvalue weighted by Gasteiger charge is -2.26. The maximum Gasteiger partial charge on any atom is 0.223 e. The van der Waals surface area contributed by atoms with Gasteiger partial charge in [-0.1, -0.05) is 0 Å². The second-order valence-corrected chi connectivity index (χ2v) is 7.15. The summed E-state index contributed by atoms with van der Waals surface area (Å²) >= 11 is 0. The minimum atomic E-state index is 0.103. The summed E-state index contributed by atoms with van der Waals surface area (Å²) in [5.74, 6) is 1.50. The fourth-order valence-electron chi connectivity index (χ4n) is 3.67. The van der Waals surface area contributed by atoms with Crippen molar-refractivity contribution in [2.45, 2.75) is 45.2 Å². The molecule has 136 valence electrons. The van der Waals surface area contributed by atoms with Crippen molar-refractivity contribution >= 4 is 5.91 Å². The van der Waals surface area contributed by atoms with E-state index >= 15 is 0 Å². The van der Waals surface area contributed by atoms with E-state index in [2.05, 4.69) is 24.3 Å². The molecule has 1 aliphatic heterocycles. The van der Waals surface area contributed by atoms with E-state index < -0.39 is 0 Å². The molecular formula is C19H28N4O2. The van der Waals surface area contributed by atoms with Crippen LogP contribution in [0.2, 0.25) is 0 Å². The third-order valence-electron chi connectivity index (χ3n) is 5.42. The first-order chi connectivity index (χ1) is 12.0. The Labute approximate surface area is 149 Å². The molecule has 0 saturated carbocycles. The van der Waals surface area contributed by atoms with Crippen LogP contribution < -0.4 is 5.32 Å². The van der Waals surface area contributed by atoms with E-state index in [4.69, 9.17) is 4.42 Å². The van der Waals surface area contributed by atoms with Crippen molar-refractivity contribution in [1.29, 1.82) is 0 Å². The van der Waals surface area contributed by atoms with Crippen LogP contribution in [-0.2, 0) is 18.3 Å². The monoisotopic (exact) mass is 344 g/mol. The Morgan fingerprint density at radius 1 is 1.44 bits per heavy atom. The molecule has 1 saturated heterocycles. The predicted molar refractivity (Wildman–Crippen MR) is 96.1 cm³/mol. The van der Waals surface area contributed by atoms with E-state index in [0.717, 1.165) is 36.4 Å². The van der Waals surface area contributed by atoms with E-state index in [1.54, 1.807) is 6.26 Å². The zero-order valence-corrected chi connectivity index (χ0v) is 15.5. The first-order valence-corrected chi connectivity index (χ1v) is 8.97. The standard InChI is InChI=1S/C19H28N4O2/c1-13(7-8-16-6-5-9-25-16)20-11-15-10-18(24)22(3)19(15)17-12-21-23(4)14(17)2/h5-6,9,12-13,15,19-20H,7-8,10-11H2,1-4H3/t13-,15-,19+/m0/s1. The molecule has 3 atom stereocenters. The molecule has 0 spiro atoms. The average molecular weight is 344 g/mol. The van der Waals surface area contributed by atoms with Gasteiger partial charge in [0.1, 0.15) is 5.76 Å². The number of furan rings is 1. The van der Waals surface area contributed by atoms with E-state index in [1.807, 2.05) is 42.0 Å². The number of nitrogens with one attached hydrogen (secondary N) is 1. The van der Waals surface area contributed by atoms with Crippen LogP contribution in [0.5, 0.6) is 0 Å². The number of hydrogen-bond acceptors (Lipinski definition) is 4. The number of aromatic nitrogens is 2. The van der Waals surface area contributed by atoms with Gasteiger partial charge in [-0.25, -0.2) is 0 Å². The largest absolute Gasteiger partial charge is 0.469 e. The van der Waals surface area contributed by atoms with Gasteiger partial charge >= 0.3 is 0 Å². The quantitative estimate of drug-likeness (QED) is 0.838. The van der Waals surface area contributed by atoms with Crippen LogP contribution >= 0.6 is 0 Å². The van der Waals surface area contributed by atoms with E-state index in [0.29, 0.717) is 12.5 Å². The molecule has 25 heavy (non-hydrogen) atoms. The number of likely N-dealkylation sites (tertiary alicyclic amines) is 1. The van der Waals surface area contributed by atoms with Gasteiger partial charge < -0.3 is 14.6 Å². The Kier molecular flexibility index (Phi) is 5.27. The molecule has 2 aromatic heterocycles. The lowest BCUT2D eigenvalue weighted by Crippen LogP contribution is -2.34. The van der Waals surface area contributed by atoms with Gasteiger partial charge in [0.05, 0.1) is 18.5 Å². The second kappa shape index (κ2) is 7.44. The first-order valence-electron chi connectivity index (χ1n) is 8.97. The number of aryl methyl sites for hydroxylation is 2. The van der Waals surface area contributed by atoms with Gasteiger partial charge in [0, 0.05) is 56.7 Å². The number of carbonyl (C=O) groups is 1. The highest BCUT2D eigenvalue weighted by Crippen LogP contribution is 2.37. The van der Waals surface area contributed by atoms with E-state index in [9.17, 15) is 4.79 Å². The van der Waals surface area contributed by atoms with Crippen LogP contribution in [0.4, 0.5) is 0 Å². The van der Waals surface area contributed by atoms with Gasteiger partial charge in [-0.05, 0) is 32.4 Å². The molecule has 0 radical (unpaired) electrons. The molecule has 1 N–H and O–H groups in total. The van der Waals surface area contributed by atoms with Gasteiger partial charge in [0.2, 0.25) is 5.91 Å². The average Bonchev–Trinajstić information content (AvgIpc) is 3.28. The Morgan fingerprint density at radius 3 is 2.88 bits per heavy atom. The van der Waals surface area contributed by atoms with Crippen LogP contribution in [-0.4, -0.2) is 40.2 Å². The fourth-order valence-corrected chi connectivity index (χ4v) is 3.67. The smallest absolute Gasteiger partial charge is 0.223 e. The molecule has 1 amide bonds. The van der Waals surface area contributed by atoms with Crippen molar-refractivity contribution in [2.75, 3.05) is 13.6 Å². The van der Waals surface area contributed by atoms with Gasteiger partial charge in [0.25, 0.3) is 0 Å². The van der Waals surface area contributed by atoms with Gasteiger partial charge in [-0.2, -0.15) is 5.10 Å². The molecule has 3 heterocycles. The molecule has 6 heteroatoms. The maximum atomic E-state index is 12.3. The molecule has 3 rings (SSSR count). The van der Waals surface area contributed by atoms with Crippen molar-refractivity contribution in [3.63, 3.8) is 0 Å². The summed E-state index contributed by atoms with van der Waals surface area (Å²) < 4.78 is 7.27. The van der Waals surface area contributed by atoms with Crippen molar-refractivity contribution in [1.82, 2.24) is 20.0 Å². The highest BCUT2D eigenvalue weighted by atomic mass is 16.3. The topological polar surface area (TPSA) is 63.3 Å². The van der Waals surface area contributed by atoms with Crippen molar-refractivity contribution in [3.8, 4) is 0 Å². The molecule has 0 unspecified atom stereocenters. The lowest BCUT2D eigenvalue weighted by atomic mass is 9.93. The number of carbonyl (C=O) groups excluding carboxylic acids is 1. The lowest BCUT2D eigenvalue weighted by molar-refractivity contribution is -0.127. The Hall–Kier alpha value is -2.08. The molecule has 0 aliphatic carbocycles. The summed E-state index contributed by atoms with van der Waals surface area (Å²) in [6, 6.07) is 4.42. The number of hydrogen-bond donors (Lipinski definition) is 1. The molecular weight excluding hydrogens is 316 g/mol. The summed E-state index contributed by atoms with van der Waals surface area (Å²) in [6.07, 6.45) is 6.15. The van der Waals surface area contributed by atoms with Crippen LogP contribution in [0.3, 0.4) is 0 Å². The van der Waals surface area contributed by atoms with E-state index in [-0.39, 0.29) is 17.9 Å². The van der Waals surface area contributed by atoms with Crippen LogP contribution in [0.1, 0.15) is 42.8 Å². The Bertz CT molecular complexity index is 707. The minimum absolute atomic E-state index is 0.103. The number of amides is 1. The Balaban J connectivity index is 1.60. The van der Waals surface area contributed by atoms with Crippen molar-refractivity contribution in [2.24, 2.45) is 13.0 Å². The highest BCUT2D eigenvalue weighted by Gasteiger charge is 2.39. The van der Waals surface area contributed by atoms with Gasteiger partial charge in [-0.3, -0.25) is 9.48 Å². The fraction of sp³-hybridized carbons (Fsp3) is 0.579.